The summed E-state index contributed by atoms with van der Waals surface area (Å²) < 4.78 is 1.22. The first-order valence-electron chi connectivity index (χ1n) is 5.02. The maximum Gasteiger partial charge on any atom is 0.104 e. The van der Waals surface area contributed by atoms with E-state index in [0.29, 0.717) is 0 Å². The van der Waals surface area contributed by atoms with Crippen LogP contribution in [0, 0.1) is 0 Å². The van der Waals surface area contributed by atoms with Crippen LogP contribution in [0.4, 0.5) is 0 Å². The first-order valence-corrected chi connectivity index (χ1v) is 5.84. The van der Waals surface area contributed by atoms with Gasteiger partial charge in [-0.05, 0) is 18.2 Å². The Balaban J connectivity index is 2.38. The Bertz CT molecular complexity index is 747. The lowest BCUT2D eigenvalue weighted by atomic mass is 10.2. The third-order valence-corrected chi connectivity index (χ3v) is 3.84. The van der Waals surface area contributed by atoms with Gasteiger partial charge in [-0.25, -0.2) is 0 Å². The van der Waals surface area contributed by atoms with E-state index >= 15 is 0 Å². The molecule has 0 amide bonds. The minimum absolute atomic E-state index is 1.08. The van der Waals surface area contributed by atoms with Gasteiger partial charge < -0.3 is 4.98 Å². The molecule has 4 aromatic heterocycles. The molecule has 0 atom stereocenters. The molecule has 3 nitrogen and oxygen atoms in total. The molecule has 0 aliphatic heterocycles. The molecular formula is C12H7N3S. The van der Waals surface area contributed by atoms with E-state index in [0.717, 1.165) is 11.0 Å². The summed E-state index contributed by atoms with van der Waals surface area (Å²) in [5.74, 6) is 0. The monoisotopic (exact) mass is 225 g/mol. The predicted molar refractivity (Wildman–Crippen MR) is 66.8 cm³/mol. The highest BCUT2D eigenvalue weighted by Crippen LogP contribution is 2.36. The van der Waals surface area contributed by atoms with E-state index in [9.17, 15) is 0 Å². The van der Waals surface area contributed by atoms with Gasteiger partial charge in [0.25, 0.3) is 0 Å². The smallest absolute Gasteiger partial charge is 0.104 e. The molecule has 16 heavy (non-hydrogen) atoms. The number of aromatic nitrogens is 3. The van der Waals surface area contributed by atoms with Crippen LogP contribution in [-0.4, -0.2) is 15.0 Å². The maximum atomic E-state index is 4.46. The quantitative estimate of drug-likeness (QED) is 0.498. The summed E-state index contributed by atoms with van der Waals surface area (Å²) in [4.78, 5) is 13.1. The lowest BCUT2D eigenvalue weighted by molar-refractivity contribution is 1.35. The van der Waals surface area contributed by atoms with Gasteiger partial charge in [0.05, 0.1) is 21.9 Å². The molecule has 4 aromatic rings. The minimum Gasteiger partial charge on any atom is -0.345 e. The Morgan fingerprint density at radius 3 is 3.19 bits per heavy atom. The molecule has 0 saturated heterocycles. The molecule has 0 fully saturated rings. The van der Waals surface area contributed by atoms with Crippen LogP contribution in [0.15, 0.2) is 36.8 Å². The minimum atomic E-state index is 1.08. The highest BCUT2D eigenvalue weighted by molar-refractivity contribution is 7.25. The molecule has 0 radical (unpaired) electrons. The molecule has 0 saturated carbocycles. The molecular weight excluding hydrogens is 218 g/mol. The summed E-state index contributed by atoms with van der Waals surface area (Å²) in [5.41, 5.74) is 2.16. The fourth-order valence-corrected chi connectivity index (χ4v) is 3.19. The fourth-order valence-electron chi connectivity index (χ4n) is 2.10. The van der Waals surface area contributed by atoms with Gasteiger partial charge in [0.1, 0.15) is 4.83 Å². The van der Waals surface area contributed by atoms with Crippen LogP contribution in [0.25, 0.3) is 31.3 Å². The molecule has 4 rings (SSSR count). The van der Waals surface area contributed by atoms with E-state index in [1.165, 1.54) is 20.3 Å². The summed E-state index contributed by atoms with van der Waals surface area (Å²) in [5, 5.41) is 2.42. The molecule has 4 heteroatoms. The summed E-state index contributed by atoms with van der Waals surface area (Å²) in [6.45, 7) is 0. The van der Waals surface area contributed by atoms with Crippen molar-refractivity contribution in [1.82, 2.24) is 15.0 Å². The number of hydrogen-bond acceptors (Lipinski definition) is 3. The lowest BCUT2D eigenvalue weighted by Gasteiger charge is -1.89. The first kappa shape index (κ1) is 8.24. The van der Waals surface area contributed by atoms with E-state index < -0.39 is 0 Å². The third-order valence-electron chi connectivity index (χ3n) is 2.79. The van der Waals surface area contributed by atoms with Crippen LogP contribution < -0.4 is 0 Å². The van der Waals surface area contributed by atoms with Gasteiger partial charge >= 0.3 is 0 Å². The molecule has 1 N–H and O–H groups in total. The van der Waals surface area contributed by atoms with Crippen molar-refractivity contribution in [3.63, 3.8) is 0 Å². The summed E-state index contributed by atoms with van der Waals surface area (Å²) in [7, 11) is 0. The second-order valence-electron chi connectivity index (χ2n) is 3.70. The molecule has 76 valence electrons. The summed E-state index contributed by atoms with van der Waals surface area (Å²) >= 11 is 1.74. The summed E-state index contributed by atoms with van der Waals surface area (Å²) in [6.07, 6.45) is 5.52. The second-order valence-corrected chi connectivity index (χ2v) is 4.75. The molecule has 0 aromatic carbocycles. The number of H-pyrrole nitrogens is 1. The van der Waals surface area contributed by atoms with Gasteiger partial charge in [0.15, 0.2) is 0 Å². The van der Waals surface area contributed by atoms with Crippen LogP contribution in [0.5, 0.6) is 0 Å². The Kier molecular flexibility index (Phi) is 1.44. The molecule has 4 heterocycles. The highest BCUT2D eigenvalue weighted by atomic mass is 32.1. The van der Waals surface area contributed by atoms with Crippen molar-refractivity contribution in [2.75, 3.05) is 0 Å². The first-order chi connectivity index (χ1) is 7.93. The Labute approximate surface area is 94.8 Å². The molecule has 0 spiro atoms. The van der Waals surface area contributed by atoms with Crippen LogP contribution >= 0.6 is 11.3 Å². The van der Waals surface area contributed by atoms with Gasteiger partial charge in [0, 0.05) is 23.2 Å². The SMILES string of the molecule is c1cnc2c(c1)sc1[nH]c3cnccc3c12. The van der Waals surface area contributed by atoms with Gasteiger partial charge in [0.2, 0.25) is 0 Å². The van der Waals surface area contributed by atoms with E-state index in [-0.39, 0.29) is 0 Å². The van der Waals surface area contributed by atoms with Crippen molar-refractivity contribution in [1.29, 1.82) is 0 Å². The highest BCUT2D eigenvalue weighted by Gasteiger charge is 2.11. The van der Waals surface area contributed by atoms with Crippen LogP contribution in [0.1, 0.15) is 0 Å². The van der Waals surface area contributed by atoms with Crippen molar-refractivity contribution >= 4 is 42.7 Å². The van der Waals surface area contributed by atoms with Crippen LogP contribution in [0.3, 0.4) is 0 Å². The van der Waals surface area contributed by atoms with Gasteiger partial charge in [-0.2, -0.15) is 0 Å². The molecule has 0 bridgehead atoms. The van der Waals surface area contributed by atoms with Crippen molar-refractivity contribution < 1.29 is 0 Å². The van der Waals surface area contributed by atoms with E-state index in [1.54, 1.807) is 11.3 Å². The standard InChI is InChI=1S/C12H7N3S/c1-2-9-11(14-4-1)10-7-3-5-13-6-8(7)15-12(10)16-9/h1-6,15H. The zero-order valence-corrected chi connectivity index (χ0v) is 9.08. The number of nitrogens with zero attached hydrogens (tertiary/aromatic N) is 2. The summed E-state index contributed by atoms with van der Waals surface area (Å²) in [6, 6.07) is 6.12. The van der Waals surface area contributed by atoms with Crippen molar-refractivity contribution in [3.05, 3.63) is 36.8 Å². The predicted octanol–water partition coefficient (Wildman–Crippen LogP) is 3.33. The number of rotatable bonds is 0. The van der Waals surface area contributed by atoms with Gasteiger partial charge in [-0.3, -0.25) is 9.97 Å². The van der Waals surface area contributed by atoms with Crippen molar-refractivity contribution in [3.8, 4) is 0 Å². The third kappa shape index (κ3) is 0.919. The van der Waals surface area contributed by atoms with Crippen LogP contribution in [-0.2, 0) is 0 Å². The molecule has 0 unspecified atom stereocenters. The zero-order valence-electron chi connectivity index (χ0n) is 8.27. The second kappa shape index (κ2) is 2.80. The maximum absolute atomic E-state index is 4.46. The Hall–Kier alpha value is -1.94. The number of aromatic amines is 1. The van der Waals surface area contributed by atoms with Gasteiger partial charge in [-0.15, -0.1) is 11.3 Å². The Morgan fingerprint density at radius 2 is 2.19 bits per heavy atom. The normalized spacial score (nSPS) is 11.8. The number of fused-ring (bicyclic) bond motifs is 5. The van der Waals surface area contributed by atoms with E-state index in [2.05, 4.69) is 21.0 Å². The fraction of sp³-hybridized carbons (Fsp3) is 0. The van der Waals surface area contributed by atoms with E-state index in [1.807, 2.05) is 30.7 Å². The largest absolute Gasteiger partial charge is 0.345 e. The lowest BCUT2D eigenvalue weighted by Crippen LogP contribution is -1.72. The number of thiophene rings is 1. The number of pyridine rings is 2. The van der Waals surface area contributed by atoms with Gasteiger partial charge in [-0.1, -0.05) is 0 Å². The zero-order chi connectivity index (χ0) is 10.5. The number of nitrogens with one attached hydrogen (secondary N) is 1. The van der Waals surface area contributed by atoms with Crippen molar-refractivity contribution in [2.45, 2.75) is 0 Å². The Morgan fingerprint density at radius 1 is 1.19 bits per heavy atom. The topological polar surface area (TPSA) is 41.6 Å². The average molecular weight is 225 g/mol. The number of hydrogen-bond donors (Lipinski definition) is 1. The molecule has 0 aliphatic rings. The van der Waals surface area contributed by atoms with Crippen molar-refractivity contribution in [2.24, 2.45) is 0 Å². The molecule has 0 aliphatic carbocycles. The average Bonchev–Trinajstić information content (AvgIpc) is 2.83. The van der Waals surface area contributed by atoms with E-state index in [4.69, 9.17) is 0 Å². The van der Waals surface area contributed by atoms with Crippen LogP contribution in [0.2, 0.25) is 0 Å².